The number of nitrogens with zero attached hydrogens (tertiary/aromatic N) is 1. The lowest BCUT2D eigenvalue weighted by atomic mass is 9.94. The van der Waals surface area contributed by atoms with E-state index in [1.807, 2.05) is 0 Å². The van der Waals surface area contributed by atoms with Crippen molar-refractivity contribution in [2.24, 2.45) is 5.92 Å². The zero-order valence-electron chi connectivity index (χ0n) is 14.1. The van der Waals surface area contributed by atoms with Crippen LogP contribution < -0.4 is 5.32 Å². The molecule has 0 bridgehead atoms. The topological polar surface area (TPSA) is 15.3 Å². The third-order valence-electron chi connectivity index (χ3n) is 4.74. The monoisotopic (exact) mass is 288 g/mol. The highest BCUT2D eigenvalue weighted by Crippen LogP contribution is 2.22. The van der Waals surface area contributed by atoms with E-state index in [0.29, 0.717) is 6.04 Å². The van der Waals surface area contributed by atoms with Crippen LogP contribution in [-0.4, -0.2) is 30.6 Å². The molecule has 1 saturated heterocycles. The molecule has 1 fully saturated rings. The predicted molar refractivity (Wildman–Crippen MR) is 91.6 cm³/mol. The maximum atomic E-state index is 3.52. The molecule has 0 unspecified atom stereocenters. The fourth-order valence-corrected chi connectivity index (χ4v) is 3.24. The van der Waals surface area contributed by atoms with Crippen LogP contribution in [0.25, 0.3) is 0 Å². The summed E-state index contributed by atoms with van der Waals surface area (Å²) in [5.74, 6) is 0.965. The SMILES string of the molecule is CCC1CCN(Cc2ccccc2CCNC(C)C)CC1. The van der Waals surface area contributed by atoms with E-state index in [1.165, 1.54) is 43.5 Å². The largest absolute Gasteiger partial charge is 0.314 e. The Morgan fingerprint density at radius 3 is 2.43 bits per heavy atom. The summed E-state index contributed by atoms with van der Waals surface area (Å²) < 4.78 is 0. The van der Waals surface area contributed by atoms with Crippen molar-refractivity contribution in [3.05, 3.63) is 35.4 Å². The van der Waals surface area contributed by atoms with Gasteiger partial charge in [0, 0.05) is 12.6 Å². The average molecular weight is 288 g/mol. The summed E-state index contributed by atoms with van der Waals surface area (Å²) in [6, 6.07) is 9.56. The molecular formula is C19H32N2. The van der Waals surface area contributed by atoms with Crippen LogP contribution in [0.4, 0.5) is 0 Å². The van der Waals surface area contributed by atoms with Crippen LogP contribution in [-0.2, 0) is 13.0 Å². The number of piperidine rings is 1. The van der Waals surface area contributed by atoms with Gasteiger partial charge in [-0.05, 0) is 55.9 Å². The molecule has 2 rings (SSSR count). The van der Waals surface area contributed by atoms with Gasteiger partial charge in [-0.3, -0.25) is 4.90 Å². The molecule has 1 aromatic carbocycles. The number of rotatable bonds is 7. The molecule has 21 heavy (non-hydrogen) atoms. The highest BCUT2D eigenvalue weighted by molar-refractivity contribution is 5.27. The van der Waals surface area contributed by atoms with Gasteiger partial charge >= 0.3 is 0 Å². The van der Waals surface area contributed by atoms with Crippen molar-refractivity contribution in [3.8, 4) is 0 Å². The molecule has 2 heteroatoms. The van der Waals surface area contributed by atoms with Crippen molar-refractivity contribution in [1.82, 2.24) is 10.2 Å². The Morgan fingerprint density at radius 2 is 1.81 bits per heavy atom. The molecule has 1 heterocycles. The first kappa shape index (κ1) is 16.5. The molecule has 0 aromatic heterocycles. The Morgan fingerprint density at radius 1 is 1.14 bits per heavy atom. The highest BCUT2D eigenvalue weighted by Gasteiger charge is 2.18. The second-order valence-corrected chi connectivity index (χ2v) is 6.76. The van der Waals surface area contributed by atoms with Crippen LogP contribution >= 0.6 is 0 Å². The minimum absolute atomic E-state index is 0.574. The van der Waals surface area contributed by atoms with E-state index < -0.39 is 0 Å². The summed E-state index contributed by atoms with van der Waals surface area (Å²) in [4.78, 5) is 2.64. The van der Waals surface area contributed by atoms with E-state index in [9.17, 15) is 0 Å². The normalized spacial score (nSPS) is 17.5. The fraction of sp³-hybridized carbons (Fsp3) is 0.684. The zero-order valence-corrected chi connectivity index (χ0v) is 14.1. The first-order valence-corrected chi connectivity index (χ1v) is 8.71. The number of likely N-dealkylation sites (tertiary alicyclic amines) is 1. The van der Waals surface area contributed by atoms with Gasteiger partial charge in [0.25, 0.3) is 0 Å². The summed E-state index contributed by atoms with van der Waals surface area (Å²) in [7, 11) is 0. The van der Waals surface area contributed by atoms with Crippen molar-refractivity contribution in [3.63, 3.8) is 0 Å². The van der Waals surface area contributed by atoms with Crippen LogP contribution in [0.2, 0.25) is 0 Å². The van der Waals surface area contributed by atoms with E-state index >= 15 is 0 Å². The third kappa shape index (κ3) is 5.44. The van der Waals surface area contributed by atoms with Gasteiger partial charge in [0.1, 0.15) is 0 Å². The molecule has 1 N–H and O–H groups in total. The zero-order chi connectivity index (χ0) is 15.1. The van der Waals surface area contributed by atoms with Gasteiger partial charge in [-0.15, -0.1) is 0 Å². The second-order valence-electron chi connectivity index (χ2n) is 6.76. The molecule has 0 saturated carbocycles. The van der Waals surface area contributed by atoms with Gasteiger partial charge < -0.3 is 5.32 Å². The Labute approximate surface area is 130 Å². The Hall–Kier alpha value is -0.860. The molecule has 0 amide bonds. The Balaban J connectivity index is 1.87. The summed E-state index contributed by atoms with van der Waals surface area (Å²) in [5.41, 5.74) is 3.04. The minimum Gasteiger partial charge on any atom is -0.314 e. The number of hydrogen-bond acceptors (Lipinski definition) is 2. The molecule has 0 atom stereocenters. The van der Waals surface area contributed by atoms with E-state index in [2.05, 4.69) is 55.3 Å². The first-order chi connectivity index (χ1) is 10.2. The van der Waals surface area contributed by atoms with E-state index in [1.54, 1.807) is 0 Å². The lowest BCUT2D eigenvalue weighted by Crippen LogP contribution is -2.33. The number of nitrogens with one attached hydrogen (secondary N) is 1. The predicted octanol–water partition coefficient (Wildman–Crippen LogP) is 3.85. The van der Waals surface area contributed by atoms with E-state index in [-0.39, 0.29) is 0 Å². The molecule has 118 valence electrons. The molecule has 0 radical (unpaired) electrons. The molecule has 2 nitrogen and oxygen atoms in total. The lowest BCUT2D eigenvalue weighted by Gasteiger charge is -2.32. The third-order valence-corrected chi connectivity index (χ3v) is 4.74. The minimum atomic E-state index is 0.574. The second kappa shape index (κ2) is 8.55. The first-order valence-electron chi connectivity index (χ1n) is 8.71. The quantitative estimate of drug-likeness (QED) is 0.820. The Kier molecular flexibility index (Phi) is 6.72. The van der Waals surface area contributed by atoms with Crippen LogP contribution in [0.15, 0.2) is 24.3 Å². The maximum absolute atomic E-state index is 3.52. The highest BCUT2D eigenvalue weighted by atomic mass is 15.1. The van der Waals surface area contributed by atoms with Crippen LogP contribution in [0, 0.1) is 5.92 Å². The fourth-order valence-electron chi connectivity index (χ4n) is 3.24. The van der Waals surface area contributed by atoms with Gasteiger partial charge in [-0.25, -0.2) is 0 Å². The summed E-state index contributed by atoms with van der Waals surface area (Å²) in [6.07, 6.45) is 5.26. The molecule has 1 aliphatic heterocycles. The van der Waals surface area contributed by atoms with Crippen molar-refractivity contribution in [1.29, 1.82) is 0 Å². The number of hydrogen-bond donors (Lipinski definition) is 1. The molecule has 1 aromatic rings. The van der Waals surface area contributed by atoms with Gasteiger partial charge in [-0.1, -0.05) is 51.5 Å². The summed E-state index contributed by atoms with van der Waals surface area (Å²) in [5, 5.41) is 3.52. The van der Waals surface area contributed by atoms with Gasteiger partial charge in [0.2, 0.25) is 0 Å². The van der Waals surface area contributed by atoms with Crippen molar-refractivity contribution < 1.29 is 0 Å². The van der Waals surface area contributed by atoms with E-state index in [4.69, 9.17) is 0 Å². The molecular weight excluding hydrogens is 256 g/mol. The van der Waals surface area contributed by atoms with Gasteiger partial charge in [0.15, 0.2) is 0 Å². The average Bonchev–Trinajstić information content (AvgIpc) is 2.49. The van der Waals surface area contributed by atoms with Crippen LogP contribution in [0.1, 0.15) is 51.2 Å². The Bertz CT molecular complexity index is 406. The maximum Gasteiger partial charge on any atom is 0.0236 e. The van der Waals surface area contributed by atoms with E-state index in [0.717, 1.165) is 25.4 Å². The smallest absolute Gasteiger partial charge is 0.0236 e. The van der Waals surface area contributed by atoms with Crippen molar-refractivity contribution >= 4 is 0 Å². The molecule has 0 spiro atoms. The molecule has 1 aliphatic rings. The summed E-state index contributed by atoms with van der Waals surface area (Å²) >= 11 is 0. The van der Waals surface area contributed by atoms with Gasteiger partial charge in [0.05, 0.1) is 0 Å². The van der Waals surface area contributed by atoms with Crippen molar-refractivity contribution in [2.75, 3.05) is 19.6 Å². The molecule has 0 aliphatic carbocycles. The summed E-state index contributed by atoms with van der Waals surface area (Å²) in [6.45, 7) is 11.5. The number of benzene rings is 1. The van der Waals surface area contributed by atoms with Crippen LogP contribution in [0.3, 0.4) is 0 Å². The standard InChI is InChI=1S/C19H32N2/c1-4-17-10-13-21(14-11-17)15-19-8-6-5-7-18(19)9-12-20-16(2)3/h5-8,16-17,20H,4,9-15H2,1-3H3. The van der Waals surface area contributed by atoms with Gasteiger partial charge in [-0.2, -0.15) is 0 Å². The van der Waals surface area contributed by atoms with Crippen LogP contribution in [0.5, 0.6) is 0 Å². The lowest BCUT2D eigenvalue weighted by molar-refractivity contribution is 0.174. The van der Waals surface area contributed by atoms with Crippen molar-refractivity contribution in [2.45, 2.75) is 59.0 Å².